The molecule has 0 aromatic carbocycles. The van der Waals surface area contributed by atoms with Crippen LogP contribution in [0.5, 0.6) is 0 Å². The van der Waals surface area contributed by atoms with Crippen LogP contribution in [0.2, 0.25) is 0 Å². The molecule has 0 saturated heterocycles. The molecule has 0 spiro atoms. The summed E-state index contributed by atoms with van der Waals surface area (Å²) >= 11 is 1.61. The van der Waals surface area contributed by atoms with Crippen molar-refractivity contribution >= 4 is 0 Å². The Bertz CT molecular complexity index is 376. The van der Waals surface area contributed by atoms with Crippen molar-refractivity contribution in [1.82, 2.24) is 0 Å². The largest absolute Gasteiger partial charge is 1.00 e. The molecule has 2 aliphatic rings. The molecular weight excluding hydrogens is 330 g/mol. The standard InChI is InChI=1S/C14H17.2ClH.Zr/c1-2-3-7-12-10-6-11-14(12)13-8-4-5-9-13;;;/h4-5,8,11H,2-3,6-7,9H2,1H3;2*1H;/q;;;+2/p-2. The zero-order valence-corrected chi connectivity index (χ0v) is 14.1. The molecule has 0 bridgehead atoms. The van der Waals surface area contributed by atoms with Gasteiger partial charge in [-0.25, -0.2) is 0 Å². The average molecular weight is 347 g/mol. The minimum Gasteiger partial charge on any atom is -1.00 e. The van der Waals surface area contributed by atoms with Crippen molar-refractivity contribution in [2.24, 2.45) is 0 Å². The maximum absolute atomic E-state index is 2.44. The maximum Gasteiger partial charge on any atom is -1.00 e. The second-order valence-electron chi connectivity index (χ2n) is 4.21. The smallest absolute Gasteiger partial charge is 1.00 e. The van der Waals surface area contributed by atoms with Gasteiger partial charge in [-0.1, -0.05) is 0 Å². The van der Waals surface area contributed by atoms with Gasteiger partial charge in [-0.2, -0.15) is 0 Å². The van der Waals surface area contributed by atoms with Gasteiger partial charge in [0.1, 0.15) is 0 Å². The van der Waals surface area contributed by atoms with Crippen LogP contribution in [0.1, 0.15) is 39.0 Å². The number of unbranched alkanes of at least 4 members (excludes halogenated alkanes) is 1. The van der Waals surface area contributed by atoms with Gasteiger partial charge in [-0.05, 0) is 0 Å². The molecule has 2 aliphatic carbocycles. The van der Waals surface area contributed by atoms with Crippen LogP contribution in [0.25, 0.3) is 0 Å². The summed E-state index contributed by atoms with van der Waals surface area (Å²) in [7, 11) is 0. The topological polar surface area (TPSA) is 0 Å². The Hall–Kier alpha value is 0.423. The molecule has 0 N–H and O–H groups in total. The molecule has 0 atom stereocenters. The minimum absolute atomic E-state index is 0. The van der Waals surface area contributed by atoms with Crippen LogP contribution < -0.4 is 24.8 Å². The molecule has 0 aliphatic heterocycles. The zero-order chi connectivity index (χ0) is 10.7. The number of rotatable bonds is 4. The van der Waals surface area contributed by atoms with Gasteiger partial charge in [0.15, 0.2) is 0 Å². The Balaban J connectivity index is 0.00000128. The summed E-state index contributed by atoms with van der Waals surface area (Å²) in [5.74, 6) is 0. The van der Waals surface area contributed by atoms with Crippen molar-refractivity contribution in [2.45, 2.75) is 39.0 Å². The predicted octanol–water partition coefficient (Wildman–Crippen LogP) is -1.80. The van der Waals surface area contributed by atoms with Crippen molar-refractivity contribution in [2.75, 3.05) is 0 Å². The molecule has 0 heterocycles. The molecular formula is C14H17Cl2Zr. The zero-order valence-electron chi connectivity index (χ0n) is 10.1. The van der Waals surface area contributed by atoms with Crippen LogP contribution in [-0.4, -0.2) is 0 Å². The molecule has 3 heteroatoms. The van der Waals surface area contributed by atoms with Gasteiger partial charge in [0, 0.05) is 0 Å². The van der Waals surface area contributed by atoms with Crippen molar-refractivity contribution in [3.63, 3.8) is 0 Å². The van der Waals surface area contributed by atoms with Gasteiger partial charge in [0.25, 0.3) is 0 Å². The van der Waals surface area contributed by atoms with Crippen LogP contribution in [0.4, 0.5) is 0 Å². The van der Waals surface area contributed by atoms with Crippen molar-refractivity contribution in [3.8, 4) is 0 Å². The van der Waals surface area contributed by atoms with Crippen LogP contribution in [0.3, 0.4) is 0 Å². The molecule has 0 fully saturated rings. The third kappa shape index (κ3) is 4.23. The Morgan fingerprint density at radius 2 is 2.00 bits per heavy atom. The molecule has 0 aromatic heterocycles. The molecule has 0 aromatic rings. The van der Waals surface area contributed by atoms with Crippen LogP contribution in [-0.2, 0) is 24.7 Å². The second-order valence-corrected chi connectivity index (χ2v) is 5.69. The van der Waals surface area contributed by atoms with Crippen molar-refractivity contribution in [1.29, 1.82) is 0 Å². The van der Waals surface area contributed by atoms with E-state index in [-0.39, 0.29) is 24.8 Å². The second kappa shape index (κ2) is 8.51. The predicted molar refractivity (Wildman–Crippen MR) is 61.1 cm³/mol. The number of allylic oxidation sites excluding steroid dienone is 8. The van der Waals surface area contributed by atoms with E-state index in [4.69, 9.17) is 0 Å². The van der Waals surface area contributed by atoms with Gasteiger partial charge in [-0.15, -0.1) is 0 Å². The van der Waals surface area contributed by atoms with Gasteiger partial charge < -0.3 is 24.8 Å². The molecule has 0 saturated carbocycles. The van der Waals surface area contributed by atoms with E-state index in [0.29, 0.717) is 0 Å². The molecule has 17 heavy (non-hydrogen) atoms. The number of hydrogen-bond acceptors (Lipinski definition) is 0. The summed E-state index contributed by atoms with van der Waals surface area (Å²) in [5.41, 5.74) is 4.78. The molecule has 0 radical (unpaired) electrons. The van der Waals surface area contributed by atoms with Gasteiger partial charge in [-0.3, -0.25) is 0 Å². The third-order valence-electron chi connectivity index (χ3n) is 3.10. The number of halogens is 2. The van der Waals surface area contributed by atoms with E-state index in [1.165, 1.54) is 25.7 Å². The van der Waals surface area contributed by atoms with Crippen molar-refractivity contribution < 1.29 is 49.5 Å². The third-order valence-corrected chi connectivity index (χ3v) is 4.34. The first-order chi connectivity index (χ1) is 7.33. The monoisotopic (exact) mass is 345 g/mol. The van der Waals surface area contributed by atoms with E-state index >= 15 is 0 Å². The van der Waals surface area contributed by atoms with Crippen LogP contribution >= 0.6 is 0 Å². The Morgan fingerprint density at radius 1 is 1.24 bits per heavy atom. The summed E-state index contributed by atoms with van der Waals surface area (Å²) in [6, 6.07) is 0. The molecule has 2 rings (SSSR count). The Kier molecular flexibility index (Phi) is 8.72. The van der Waals surface area contributed by atoms with Crippen LogP contribution in [0, 0.1) is 0 Å². The first-order valence-corrected chi connectivity index (χ1v) is 7.06. The van der Waals surface area contributed by atoms with Gasteiger partial charge in [0.2, 0.25) is 0 Å². The normalized spacial score (nSPS) is 17.6. The van der Waals surface area contributed by atoms with E-state index in [9.17, 15) is 0 Å². The SMILES string of the molecule is CCCCC1=[C]([Zr+2])CC=C1C1=CC=CC1.[Cl-].[Cl-]. The van der Waals surface area contributed by atoms with E-state index < -0.39 is 0 Å². The first kappa shape index (κ1) is 17.4. The van der Waals surface area contributed by atoms with E-state index in [0.717, 1.165) is 6.42 Å². The van der Waals surface area contributed by atoms with E-state index in [1.807, 2.05) is 0 Å². The Morgan fingerprint density at radius 3 is 2.59 bits per heavy atom. The fourth-order valence-corrected chi connectivity index (χ4v) is 3.11. The summed E-state index contributed by atoms with van der Waals surface area (Å²) < 4.78 is 1.68. The van der Waals surface area contributed by atoms with Gasteiger partial charge in [0.05, 0.1) is 0 Å². The fraction of sp³-hybridized carbons (Fsp3) is 0.429. The molecule has 91 valence electrons. The Labute approximate surface area is 132 Å². The van der Waals surface area contributed by atoms with Crippen molar-refractivity contribution in [3.05, 3.63) is 44.3 Å². The molecule has 0 unspecified atom stereocenters. The summed E-state index contributed by atoms with van der Waals surface area (Å²) in [5, 5.41) is 0. The average Bonchev–Trinajstić information content (AvgIpc) is 2.84. The van der Waals surface area contributed by atoms with Gasteiger partial charge >= 0.3 is 108 Å². The first-order valence-electron chi connectivity index (χ1n) is 5.83. The molecule has 0 amide bonds. The maximum atomic E-state index is 2.44. The number of hydrogen-bond donors (Lipinski definition) is 0. The molecule has 0 nitrogen and oxygen atoms in total. The minimum atomic E-state index is 0. The summed E-state index contributed by atoms with van der Waals surface area (Å²) in [6.07, 6.45) is 15.5. The summed E-state index contributed by atoms with van der Waals surface area (Å²) in [4.78, 5) is 0. The van der Waals surface area contributed by atoms with E-state index in [1.54, 1.807) is 44.7 Å². The quantitative estimate of drug-likeness (QED) is 0.563. The summed E-state index contributed by atoms with van der Waals surface area (Å²) in [6.45, 7) is 2.28. The van der Waals surface area contributed by atoms with Crippen LogP contribution in [0.15, 0.2) is 44.3 Å². The van der Waals surface area contributed by atoms with E-state index in [2.05, 4.69) is 31.2 Å². The fourth-order valence-electron chi connectivity index (χ4n) is 2.22.